The van der Waals surface area contributed by atoms with Gasteiger partial charge in [0.1, 0.15) is 5.70 Å². The van der Waals surface area contributed by atoms with Crippen molar-refractivity contribution in [3.63, 3.8) is 0 Å². The molecule has 2 aromatic carbocycles. The van der Waals surface area contributed by atoms with Crippen molar-refractivity contribution < 1.29 is 9.53 Å². The lowest BCUT2D eigenvalue weighted by atomic mass is 10.1. The second-order valence-corrected chi connectivity index (χ2v) is 7.44. The maximum absolute atomic E-state index is 12.1. The Labute approximate surface area is 156 Å². The van der Waals surface area contributed by atoms with E-state index in [9.17, 15) is 4.79 Å². The first-order valence-corrected chi connectivity index (χ1v) is 9.18. The normalized spacial score (nSPS) is 15.4. The van der Waals surface area contributed by atoms with Gasteiger partial charge in [0.2, 0.25) is 5.90 Å². The monoisotopic (exact) mass is 362 g/mol. The fourth-order valence-electron chi connectivity index (χ4n) is 2.81. The van der Waals surface area contributed by atoms with Gasteiger partial charge in [-0.3, -0.25) is 0 Å². The topological polar surface area (TPSA) is 41.9 Å². The highest BCUT2D eigenvalue weighted by Crippen LogP contribution is 2.26. The number of nitrogens with zero attached hydrogens (tertiary/aromatic N) is 2. The predicted octanol–water partition coefficient (Wildman–Crippen LogP) is 4.40. The Kier molecular flexibility index (Phi) is 4.31. The molecule has 5 heteroatoms. The summed E-state index contributed by atoms with van der Waals surface area (Å²) in [7, 11) is 4.03. The molecule has 0 N–H and O–H groups in total. The maximum atomic E-state index is 12.1. The molecule has 4 nitrogen and oxygen atoms in total. The lowest BCUT2D eigenvalue weighted by molar-refractivity contribution is -0.130. The number of carbonyl (C=O) groups excluding carboxylic acids is 1. The van der Waals surface area contributed by atoms with E-state index < -0.39 is 5.97 Å². The first kappa shape index (κ1) is 16.5. The molecule has 0 bridgehead atoms. The Morgan fingerprint density at radius 1 is 1.08 bits per heavy atom. The number of allylic oxidation sites excluding steroid dienone is 1. The van der Waals surface area contributed by atoms with E-state index in [0.717, 1.165) is 16.3 Å². The van der Waals surface area contributed by atoms with Crippen LogP contribution in [-0.4, -0.2) is 26.0 Å². The summed E-state index contributed by atoms with van der Waals surface area (Å²) in [5.74, 6) is -0.0234. The van der Waals surface area contributed by atoms with Crippen LogP contribution in [0.15, 0.2) is 71.4 Å². The molecule has 0 amide bonds. The summed E-state index contributed by atoms with van der Waals surface area (Å²) in [4.78, 5) is 19.8. The fraction of sp³-hybridized carbons (Fsp3) is 0.143. The minimum absolute atomic E-state index is 0.368. The number of fused-ring (bicyclic) bond motifs is 1. The zero-order valence-electron chi connectivity index (χ0n) is 14.6. The van der Waals surface area contributed by atoms with Crippen molar-refractivity contribution in [3.05, 3.63) is 76.8 Å². The Morgan fingerprint density at radius 2 is 1.88 bits per heavy atom. The van der Waals surface area contributed by atoms with Crippen molar-refractivity contribution in [1.29, 1.82) is 0 Å². The molecule has 0 saturated heterocycles. The highest BCUT2D eigenvalue weighted by Gasteiger charge is 2.24. The molecule has 1 aromatic heterocycles. The lowest BCUT2D eigenvalue weighted by Gasteiger charge is -2.06. The molecule has 1 aliphatic heterocycles. The molecule has 0 saturated carbocycles. The van der Waals surface area contributed by atoms with E-state index in [1.807, 2.05) is 56.6 Å². The summed E-state index contributed by atoms with van der Waals surface area (Å²) < 4.78 is 5.38. The minimum Gasteiger partial charge on any atom is -0.402 e. The van der Waals surface area contributed by atoms with Gasteiger partial charge in [0, 0.05) is 31.0 Å². The fourth-order valence-corrected chi connectivity index (χ4v) is 3.70. The molecule has 0 fully saturated rings. The van der Waals surface area contributed by atoms with E-state index >= 15 is 0 Å². The van der Waals surface area contributed by atoms with E-state index in [-0.39, 0.29) is 0 Å². The van der Waals surface area contributed by atoms with Gasteiger partial charge < -0.3 is 9.64 Å². The predicted molar refractivity (Wildman–Crippen MR) is 107 cm³/mol. The summed E-state index contributed by atoms with van der Waals surface area (Å²) in [6, 6.07) is 18.2. The van der Waals surface area contributed by atoms with Gasteiger partial charge in [0.05, 0.1) is 5.00 Å². The molecule has 0 atom stereocenters. The van der Waals surface area contributed by atoms with Crippen LogP contribution >= 0.6 is 11.3 Å². The van der Waals surface area contributed by atoms with E-state index in [4.69, 9.17) is 4.74 Å². The number of cyclic esters (lactones) is 1. The van der Waals surface area contributed by atoms with Crippen molar-refractivity contribution in [3.8, 4) is 0 Å². The van der Waals surface area contributed by atoms with Gasteiger partial charge in [-0.15, -0.1) is 11.3 Å². The average Bonchev–Trinajstić information content (AvgIpc) is 3.26. The first-order chi connectivity index (χ1) is 12.6. The maximum Gasteiger partial charge on any atom is 0.363 e. The molecular weight excluding hydrogens is 344 g/mol. The number of hydrogen-bond donors (Lipinski definition) is 0. The smallest absolute Gasteiger partial charge is 0.363 e. The van der Waals surface area contributed by atoms with Crippen LogP contribution in [0.2, 0.25) is 0 Å². The third-order valence-electron chi connectivity index (χ3n) is 4.20. The second-order valence-electron chi connectivity index (χ2n) is 6.30. The van der Waals surface area contributed by atoms with E-state index in [1.165, 1.54) is 9.88 Å². The molecule has 1 aliphatic rings. The molecule has 26 heavy (non-hydrogen) atoms. The summed E-state index contributed by atoms with van der Waals surface area (Å²) in [6.45, 7) is 0. The van der Waals surface area contributed by atoms with Gasteiger partial charge >= 0.3 is 5.97 Å². The lowest BCUT2D eigenvalue weighted by Crippen LogP contribution is -2.05. The van der Waals surface area contributed by atoms with Crippen molar-refractivity contribution in [2.45, 2.75) is 6.42 Å². The molecule has 130 valence electrons. The Bertz CT molecular complexity index is 1050. The number of ether oxygens (including phenoxy) is 1. The van der Waals surface area contributed by atoms with Gasteiger partial charge in [-0.1, -0.05) is 30.3 Å². The van der Waals surface area contributed by atoms with E-state index in [2.05, 4.69) is 28.1 Å². The van der Waals surface area contributed by atoms with Gasteiger partial charge in [-0.25, -0.2) is 9.79 Å². The number of esters is 1. The van der Waals surface area contributed by atoms with Crippen LogP contribution in [0, 0.1) is 0 Å². The van der Waals surface area contributed by atoms with Crippen molar-refractivity contribution in [2.75, 3.05) is 19.0 Å². The van der Waals surface area contributed by atoms with Crippen molar-refractivity contribution in [1.82, 2.24) is 0 Å². The minimum atomic E-state index is -0.391. The number of anilines is 1. The van der Waals surface area contributed by atoms with Crippen LogP contribution < -0.4 is 4.90 Å². The molecule has 0 spiro atoms. The number of rotatable bonds is 4. The summed E-state index contributed by atoms with van der Waals surface area (Å²) in [5, 5.41) is 3.43. The molecular formula is C21H18N2O2S. The Balaban J connectivity index is 1.57. The summed E-state index contributed by atoms with van der Waals surface area (Å²) in [5.41, 5.74) is 1.18. The number of aliphatic imine (C=N–C) groups is 1. The van der Waals surface area contributed by atoms with Gasteiger partial charge in [0.15, 0.2) is 0 Å². The molecule has 0 radical (unpaired) electrons. The number of thiophene rings is 1. The van der Waals surface area contributed by atoms with Crippen LogP contribution in [0.4, 0.5) is 5.00 Å². The summed E-state index contributed by atoms with van der Waals surface area (Å²) >= 11 is 1.70. The van der Waals surface area contributed by atoms with Gasteiger partial charge in [0.25, 0.3) is 0 Å². The van der Waals surface area contributed by atoms with E-state index in [0.29, 0.717) is 18.0 Å². The third kappa shape index (κ3) is 3.26. The average molecular weight is 362 g/mol. The Morgan fingerprint density at radius 3 is 2.65 bits per heavy atom. The summed E-state index contributed by atoms with van der Waals surface area (Å²) in [6.07, 6.45) is 2.50. The molecule has 2 heterocycles. The third-order valence-corrected chi connectivity index (χ3v) is 5.48. The molecule has 0 unspecified atom stereocenters. The second kappa shape index (κ2) is 6.77. The van der Waals surface area contributed by atoms with Crippen LogP contribution in [0.3, 0.4) is 0 Å². The number of hydrogen-bond acceptors (Lipinski definition) is 5. The number of benzene rings is 2. The first-order valence-electron chi connectivity index (χ1n) is 8.36. The van der Waals surface area contributed by atoms with Crippen LogP contribution in [0.5, 0.6) is 0 Å². The SMILES string of the molecule is CN(C)c1ccc(C/C=C2\N=C(c3ccc4ccccc4c3)OC2=O)s1. The largest absolute Gasteiger partial charge is 0.402 e. The van der Waals surface area contributed by atoms with Crippen molar-refractivity contribution in [2.24, 2.45) is 4.99 Å². The zero-order chi connectivity index (χ0) is 18.1. The van der Waals surface area contributed by atoms with Crippen LogP contribution in [0.25, 0.3) is 10.8 Å². The van der Waals surface area contributed by atoms with Crippen LogP contribution in [0.1, 0.15) is 10.4 Å². The van der Waals surface area contributed by atoms with E-state index in [1.54, 1.807) is 11.3 Å². The Hall–Kier alpha value is -2.92. The van der Waals surface area contributed by atoms with Gasteiger partial charge in [-0.2, -0.15) is 0 Å². The molecule has 4 rings (SSSR count). The highest BCUT2D eigenvalue weighted by molar-refractivity contribution is 7.16. The van der Waals surface area contributed by atoms with Crippen LogP contribution in [-0.2, 0) is 16.0 Å². The molecule has 0 aliphatic carbocycles. The quantitative estimate of drug-likeness (QED) is 0.510. The standard InChI is InChI=1S/C21H18N2O2S/c1-23(2)19-12-10-17(26-19)9-11-18-21(24)25-20(22-18)16-8-7-14-5-3-4-6-15(14)13-16/h3-8,10-13H,9H2,1-2H3/b18-11-. The zero-order valence-corrected chi connectivity index (χ0v) is 15.4. The molecule has 3 aromatic rings. The van der Waals surface area contributed by atoms with Crippen molar-refractivity contribution >= 4 is 39.0 Å². The van der Waals surface area contributed by atoms with Gasteiger partial charge in [-0.05, 0) is 41.1 Å². The number of carbonyl (C=O) groups is 1. The highest BCUT2D eigenvalue weighted by atomic mass is 32.1.